The summed E-state index contributed by atoms with van der Waals surface area (Å²) in [6, 6.07) is 5.09. The molecule has 0 saturated carbocycles. The molecule has 0 bridgehead atoms. The number of carboxylic acids is 1. The van der Waals surface area contributed by atoms with E-state index in [1.165, 1.54) is 13.0 Å². The van der Waals surface area contributed by atoms with E-state index in [2.05, 4.69) is 15.2 Å². The quantitative estimate of drug-likeness (QED) is 0.849. The van der Waals surface area contributed by atoms with Gasteiger partial charge in [-0.1, -0.05) is 6.07 Å². The van der Waals surface area contributed by atoms with Crippen LogP contribution in [0.15, 0.2) is 18.2 Å². The fourth-order valence-corrected chi connectivity index (χ4v) is 2.55. The lowest BCUT2D eigenvalue weighted by molar-refractivity contribution is -0.119. The van der Waals surface area contributed by atoms with E-state index < -0.39 is 5.97 Å². The number of likely N-dealkylation sites (tertiary alicyclic amines) is 1. The van der Waals surface area contributed by atoms with Crippen molar-refractivity contribution in [2.45, 2.75) is 26.3 Å². The van der Waals surface area contributed by atoms with Crippen molar-refractivity contribution >= 4 is 11.9 Å². The largest absolute Gasteiger partial charge is 0.477 e. The van der Waals surface area contributed by atoms with E-state index in [1.807, 2.05) is 6.07 Å². The van der Waals surface area contributed by atoms with Gasteiger partial charge in [-0.2, -0.15) is 0 Å². The zero-order valence-electron chi connectivity index (χ0n) is 12.2. The number of hydrogen-bond donors (Lipinski definition) is 2. The van der Waals surface area contributed by atoms with Crippen molar-refractivity contribution < 1.29 is 14.7 Å². The molecule has 0 aromatic carbocycles. The van der Waals surface area contributed by atoms with Crippen molar-refractivity contribution in [2.75, 3.05) is 19.6 Å². The summed E-state index contributed by atoms with van der Waals surface area (Å²) in [5.41, 5.74) is 0.878. The number of nitrogens with zero attached hydrogens (tertiary/aromatic N) is 2. The Hall–Kier alpha value is -1.95. The van der Waals surface area contributed by atoms with Crippen LogP contribution in [-0.2, 0) is 11.3 Å². The molecule has 114 valence electrons. The van der Waals surface area contributed by atoms with Gasteiger partial charge in [0, 0.05) is 20.0 Å². The molecule has 1 saturated heterocycles. The summed E-state index contributed by atoms with van der Waals surface area (Å²) in [7, 11) is 0. The highest BCUT2D eigenvalue weighted by molar-refractivity contribution is 5.85. The first kappa shape index (κ1) is 15.4. The van der Waals surface area contributed by atoms with Crippen LogP contribution in [0.2, 0.25) is 0 Å². The third-order valence-corrected chi connectivity index (χ3v) is 3.76. The van der Waals surface area contributed by atoms with Crippen molar-refractivity contribution in [3.8, 4) is 0 Å². The van der Waals surface area contributed by atoms with Crippen LogP contribution >= 0.6 is 0 Å². The second-order valence-corrected chi connectivity index (χ2v) is 5.48. The minimum atomic E-state index is -0.995. The minimum Gasteiger partial charge on any atom is -0.477 e. The minimum absolute atomic E-state index is 0.0205. The van der Waals surface area contributed by atoms with Crippen molar-refractivity contribution in [1.29, 1.82) is 0 Å². The maximum Gasteiger partial charge on any atom is 0.354 e. The van der Waals surface area contributed by atoms with Gasteiger partial charge >= 0.3 is 5.97 Å². The lowest BCUT2D eigenvalue weighted by Crippen LogP contribution is -2.38. The van der Waals surface area contributed by atoms with Crippen LogP contribution in [0.4, 0.5) is 0 Å². The summed E-state index contributed by atoms with van der Waals surface area (Å²) in [5.74, 6) is -0.443. The summed E-state index contributed by atoms with van der Waals surface area (Å²) >= 11 is 0. The first-order valence-electron chi connectivity index (χ1n) is 7.20. The number of piperidine rings is 1. The molecule has 0 unspecified atom stereocenters. The first-order chi connectivity index (χ1) is 10.0. The Balaban J connectivity index is 1.82. The molecule has 2 rings (SSSR count). The van der Waals surface area contributed by atoms with Crippen molar-refractivity contribution in [3.05, 3.63) is 29.6 Å². The van der Waals surface area contributed by atoms with Gasteiger partial charge in [0.2, 0.25) is 5.91 Å². The van der Waals surface area contributed by atoms with Crippen molar-refractivity contribution in [1.82, 2.24) is 15.2 Å². The normalized spacial score (nSPS) is 16.6. The number of aromatic nitrogens is 1. The zero-order chi connectivity index (χ0) is 15.2. The number of carboxylic acid groups (broad SMARTS) is 1. The molecular formula is C15H21N3O3. The van der Waals surface area contributed by atoms with E-state index in [-0.39, 0.29) is 11.6 Å². The Morgan fingerprint density at radius 3 is 2.71 bits per heavy atom. The zero-order valence-corrected chi connectivity index (χ0v) is 12.2. The van der Waals surface area contributed by atoms with E-state index in [9.17, 15) is 9.59 Å². The second-order valence-electron chi connectivity index (χ2n) is 5.48. The monoisotopic (exact) mass is 291 g/mol. The average Bonchev–Trinajstić information content (AvgIpc) is 2.47. The van der Waals surface area contributed by atoms with Crippen LogP contribution < -0.4 is 5.32 Å². The van der Waals surface area contributed by atoms with Gasteiger partial charge in [-0.3, -0.25) is 9.69 Å². The Labute approximate surface area is 124 Å². The van der Waals surface area contributed by atoms with Gasteiger partial charge in [0.25, 0.3) is 0 Å². The van der Waals surface area contributed by atoms with Crippen molar-refractivity contribution in [2.24, 2.45) is 5.92 Å². The molecule has 6 nitrogen and oxygen atoms in total. The lowest BCUT2D eigenvalue weighted by Gasteiger charge is -2.31. The molecule has 1 fully saturated rings. The van der Waals surface area contributed by atoms with Crippen LogP contribution in [0.5, 0.6) is 0 Å². The Kier molecular flexibility index (Phi) is 5.27. The molecule has 0 radical (unpaired) electrons. The van der Waals surface area contributed by atoms with Crippen molar-refractivity contribution in [3.63, 3.8) is 0 Å². The molecule has 1 aliphatic heterocycles. The molecule has 0 aliphatic carbocycles. The molecule has 1 amide bonds. The van der Waals surface area contributed by atoms with E-state index in [1.54, 1.807) is 6.07 Å². The number of rotatable bonds is 5. The molecule has 6 heteroatoms. The van der Waals surface area contributed by atoms with Gasteiger partial charge in [-0.05, 0) is 44.0 Å². The third-order valence-electron chi connectivity index (χ3n) is 3.76. The number of carbonyl (C=O) groups is 2. The molecule has 0 spiro atoms. The summed E-state index contributed by atoms with van der Waals surface area (Å²) in [4.78, 5) is 28.2. The van der Waals surface area contributed by atoms with E-state index in [4.69, 9.17) is 5.11 Å². The predicted molar refractivity (Wildman–Crippen MR) is 77.9 cm³/mol. The SMILES string of the molecule is CC(=O)NCC1CCN(Cc2cccc(C(=O)O)n2)CC1. The number of amides is 1. The van der Waals surface area contributed by atoms with Crippen LogP contribution in [0.3, 0.4) is 0 Å². The fourth-order valence-electron chi connectivity index (χ4n) is 2.55. The highest BCUT2D eigenvalue weighted by Crippen LogP contribution is 2.18. The number of carbonyl (C=O) groups excluding carboxylic acids is 1. The lowest BCUT2D eigenvalue weighted by atomic mass is 9.96. The molecule has 1 aromatic heterocycles. The highest BCUT2D eigenvalue weighted by Gasteiger charge is 2.19. The van der Waals surface area contributed by atoms with Gasteiger partial charge in [0.15, 0.2) is 0 Å². The van der Waals surface area contributed by atoms with E-state index in [0.29, 0.717) is 12.5 Å². The number of hydrogen-bond acceptors (Lipinski definition) is 4. The molecule has 1 aromatic rings. The van der Waals surface area contributed by atoms with Gasteiger partial charge < -0.3 is 10.4 Å². The number of pyridine rings is 1. The predicted octanol–water partition coefficient (Wildman–Crippen LogP) is 1.13. The maximum absolute atomic E-state index is 10.9. The van der Waals surface area contributed by atoms with Crippen LogP contribution in [0, 0.1) is 5.92 Å². The van der Waals surface area contributed by atoms with E-state index >= 15 is 0 Å². The fraction of sp³-hybridized carbons (Fsp3) is 0.533. The molecule has 2 heterocycles. The first-order valence-corrected chi connectivity index (χ1v) is 7.20. The van der Waals surface area contributed by atoms with Gasteiger partial charge in [0.05, 0.1) is 5.69 Å². The van der Waals surface area contributed by atoms with Gasteiger partial charge in [0.1, 0.15) is 5.69 Å². The smallest absolute Gasteiger partial charge is 0.354 e. The van der Waals surface area contributed by atoms with Crippen LogP contribution in [0.1, 0.15) is 35.9 Å². The summed E-state index contributed by atoms with van der Waals surface area (Å²) in [6.07, 6.45) is 2.08. The molecule has 1 aliphatic rings. The standard InChI is InChI=1S/C15H21N3O3/c1-11(19)16-9-12-5-7-18(8-6-12)10-13-3-2-4-14(17-13)15(20)21/h2-4,12H,5-10H2,1H3,(H,16,19)(H,20,21). The average molecular weight is 291 g/mol. The van der Waals surface area contributed by atoms with Gasteiger partial charge in [-0.25, -0.2) is 9.78 Å². The molecular weight excluding hydrogens is 270 g/mol. The Bertz CT molecular complexity index is 511. The van der Waals surface area contributed by atoms with Crippen LogP contribution in [0.25, 0.3) is 0 Å². The second kappa shape index (κ2) is 7.17. The number of aromatic carboxylic acids is 1. The maximum atomic E-state index is 10.9. The van der Waals surface area contributed by atoms with Gasteiger partial charge in [-0.15, -0.1) is 0 Å². The Morgan fingerprint density at radius 2 is 2.10 bits per heavy atom. The molecule has 21 heavy (non-hydrogen) atoms. The molecule has 2 N–H and O–H groups in total. The highest BCUT2D eigenvalue weighted by atomic mass is 16.4. The topological polar surface area (TPSA) is 82.5 Å². The summed E-state index contributed by atoms with van der Waals surface area (Å²) in [6.45, 7) is 4.85. The summed E-state index contributed by atoms with van der Waals surface area (Å²) in [5, 5.41) is 11.8. The third kappa shape index (κ3) is 4.82. The van der Waals surface area contributed by atoms with E-state index in [0.717, 1.165) is 38.2 Å². The molecule has 0 atom stereocenters. The van der Waals surface area contributed by atoms with Crippen LogP contribution in [-0.4, -0.2) is 46.5 Å². The Morgan fingerprint density at radius 1 is 1.38 bits per heavy atom. The number of nitrogens with one attached hydrogen (secondary N) is 1. The summed E-state index contributed by atoms with van der Waals surface area (Å²) < 4.78 is 0.